The van der Waals surface area contributed by atoms with Gasteiger partial charge < -0.3 is 10.1 Å². The lowest BCUT2D eigenvalue weighted by Crippen LogP contribution is -2.25. The molecule has 2 atom stereocenters. The van der Waals surface area contributed by atoms with E-state index in [4.69, 9.17) is 4.74 Å². The Morgan fingerprint density at radius 1 is 0.833 bits per heavy atom. The zero-order chi connectivity index (χ0) is 13.8. The molecule has 18 heavy (non-hydrogen) atoms. The second-order valence-electron chi connectivity index (χ2n) is 5.86. The molecule has 0 amide bonds. The fraction of sp³-hybridized carbons (Fsp3) is 1.00. The van der Waals surface area contributed by atoms with Gasteiger partial charge in [0, 0.05) is 6.04 Å². The van der Waals surface area contributed by atoms with Gasteiger partial charge in [-0.15, -0.1) is 0 Å². The van der Waals surface area contributed by atoms with Crippen LogP contribution in [0.25, 0.3) is 0 Å². The molecule has 0 saturated carbocycles. The van der Waals surface area contributed by atoms with Gasteiger partial charge in [0.15, 0.2) is 0 Å². The third-order valence-corrected chi connectivity index (χ3v) is 3.27. The molecule has 0 heterocycles. The van der Waals surface area contributed by atoms with Crippen molar-refractivity contribution in [2.75, 3.05) is 6.54 Å². The van der Waals surface area contributed by atoms with Gasteiger partial charge in [-0.25, -0.2) is 0 Å². The summed E-state index contributed by atoms with van der Waals surface area (Å²) in [5.74, 6) is 0. The molecule has 0 aliphatic heterocycles. The van der Waals surface area contributed by atoms with Crippen LogP contribution in [-0.2, 0) is 4.74 Å². The average Bonchev–Trinajstić information content (AvgIpc) is 2.30. The Kier molecular flexibility index (Phi) is 11.9. The van der Waals surface area contributed by atoms with Crippen LogP contribution >= 0.6 is 0 Å². The second-order valence-corrected chi connectivity index (χ2v) is 5.86. The lowest BCUT2D eigenvalue weighted by Gasteiger charge is -2.19. The Balaban J connectivity index is 3.40. The topological polar surface area (TPSA) is 21.3 Å². The van der Waals surface area contributed by atoms with Crippen molar-refractivity contribution in [2.45, 2.75) is 97.8 Å². The summed E-state index contributed by atoms with van der Waals surface area (Å²) in [4.78, 5) is 0. The van der Waals surface area contributed by atoms with E-state index in [0.717, 1.165) is 6.54 Å². The molecule has 1 N–H and O–H groups in total. The molecule has 0 aliphatic carbocycles. The first-order chi connectivity index (χ1) is 8.56. The van der Waals surface area contributed by atoms with Gasteiger partial charge >= 0.3 is 0 Å². The van der Waals surface area contributed by atoms with Crippen molar-refractivity contribution in [1.29, 1.82) is 0 Å². The van der Waals surface area contributed by atoms with Crippen molar-refractivity contribution < 1.29 is 4.74 Å². The van der Waals surface area contributed by atoms with E-state index in [1.807, 2.05) is 0 Å². The van der Waals surface area contributed by atoms with Crippen LogP contribution in [0.5, 0.6) is 0 Å². The fourth-order valence-corrected chi connectivity index (χ4v) is 2.17. The predicted octanol–water partition coefficient (Wildman–Crippen LogP) is 4.53. The monoisotopic (exact) mass is 257 g/mol. The number of nitrogens with one attached hydrogen (secondary N) is 1. The van der Waals surface area contributed by atoms with E-state index in [9.17, 15) is 0 Å². The maximum atomic E-state index is 6.01. The zero-order valence-electron chi connectivity index (χ0n) is 13.3. The van der Waals surface area contributed by atoms with E-state index in [1.54, 1.807) is 0 Å². The molecule has 2 heteroatoms. The lowest BCUT2D eigenvalue weighted by atomic mass is 10.1. The van der Waals surface area contributed by atoms with E-state index in [0.29, 0.717) is 18.2 Å². The smallest absolute Gasteiger partial charge is 0.0551 e. The highest BCUT2D eigenvalue weighted by Gasteiger charge is 2.08. The lowest BCUT2D eigenvalue weighted by molar-refractivity contribution is -0.00200. The first-order valence-electron chi connectivity index (χ1n) is 7.95. The Hall–Kier alpha value is -0.0800. The molecule has 0 aromatic rings. The van der Waals surface area contributed by atoms with Crippen LogP contribution in [0.1, 0.15) is 79.6 Å². The largest absolute Gasteiger partial charge is 0.376 e. The van der Waals surface area contributed by atoms with Crippen LogP contribution in [0.3, 0.4) is 0 Å². The minimum atomic E-state index is 0.403. The molecule has 0 spiro atoms. The van der Waals surface area contributed by atoms with Crippen molar-refractivity contribution in [1.82, 2.24) is 5.32 Å². The standard InChI is InChI=1S/C16H35NO/c1-6-7-8-9-11-15(4)18-16(5)12-10-13-17-14(2)3/h14-17H,6-13H2,1-5H3. The Labute approximate surface area is 115 Å². The molecular formula is C16H35NO. The molecule has 2 unspecified atom stereocenters. The van der Waals surface area contributed by atoms with Crippen LogP contribution in [0.2, 0.25) is 0 Å². The maximum Gasteiger partial charge on any atom is 0.0551 e. The van der Waals surface area contributed by atoms with Gasteiger partial charge in [-0.3, -0.25) is 0 Å². The predicted molar refractivity (Wildman–Crippen MR) is 81.1 cm³/mol. The van der Waals surface area contributed by atoms with Crippen molar-refractivity contribution in [3.05, 3.63) is 0 Å². The van der Waals surface area contributed by atoms with Crippen LogP contribution in [-0.4, -0.2) is 24.8 Å². The first-order valence-corrected chi connectivity index (χ1v) is 7.95. The minimum Gasteiger partial charge on any atom is -0.376 e. The first kappa shape index (κ1) is 17.9. The summed E-state index contributed by atoms with van der Waals surface area (Å²) in [5.41, 5.74) is 0. The number of ether oxygens (including phenoxy) is 1. The van der Waals surface area contributed by atoms with Crippen LogP contribution in [0.4, 0.5) is 0 Å². The molecular weight excluding hydrogens is 222 g/mol. The van der Waals surface area contributed by atoms with Gasteiger partial charge in [-0.1, -0.05) is 46.5 Å². The normalized spacial score (nSPS) is 15.0. The number of rotatable bonds is 12. The maximum absolute atomic E-state index is 6.01. The van der Waals surface area contributed by atoms with Gasteiger partial charge in [0.2, 0.25) is 0 Å². The van der Waals surface area contributed by atoms with Gasteiger partial charge in [0.25, 0.3) is 0 Å². The summed E-state index contributed by atoms with van der Waals surface area (Å²) in [7, 11) is 0. The summed E-state index contributed by atoms with van der Waals surface area (Å²) in [5, 5.41) is 3.45. The summed E-state index contributed by atoms with van der Waals surface area (Å²) in [6.07, 6.45) is 9.77. The minimum absolute atomic E-state index is 0.403. The quantitative estimate of drug-likeness (QED) is 0.519. The van der Waals surface area contributed by atoms with Gasteiger partial charge in [-0.2, -0.15) is 0 Å². The number of unbranched alkanes of at least 4 members (excludes halogenated alkanes) is 3. The van der Waals surface area contributed by atoms with Gasteiger partial charge in [0.05, 0.1) is 12.2 Å². The third-order valence-electron chi connectivity index (χ3n) is 3.27. The van der Waals surface area contributed by atoms with E-state index >= 15 is 0 Å². The fourth-order valence-electron chi connectivity index (χ4n) is 2.17. The zero-order valence-corrected chi connectivity index (χ0v) is 13.3. The van der Waals surface area contributed by atoms with Crippen molar-refractivity contribution in [3.8, 4) is 0 Å². The van der Waals surface area contributed by atoms with Gasteiger partial charge in [-0.05, 0) is 39.7 Å². The summed E-state index contributed by atoms with van der Waals surface area (Å²) in [6, 6.07) is 0.596. The average molecular weight is 257 g/mol. The number of hydrogen-bond acceptors (Lipinski definition) is 2. The highest BCUT2D eigenvalue weighted by Crippen LogP contribution is 2.11. The van der Waals surface area contributed by atoms with Crippen molar-refractivity contribution >= 4 is 0 Å². The molecule has 0 saturated heterocycles. The highest BCUT2D eigenvalue weighted by atomic mass is 16.5. The molecule has 0 rings (SSSR count). The Morgan fingerprint density at radius 3 is 2.00 bits per heavy atom. The molecule has 2 nitrogen and oxygen atoms in total. The molecule has 0 aliphatic rings. The summed E-state index contributed by atoms with van der Waals surface area (Å²) >= 11 is 0. The molecule has 0 aromatic heterocycles. The third kappa shape index (κ3) is 12.4. The second kappa shape index (κ2) is 12.0. The van der Waals surface area contributed by atoms with Crippen LogP contribution in [0.15, 0.2) is 0 Å². The molecule has 0 bridgehead atoms. The van der Waals surface area contributed by atoms with E-state index < -0.39 is 0 Å². The van der Waals surface area contributed by atoms with E-state index in [2.05, 4.69) is 39.9 Å². The molecule has 0 fully saturated rings. The molecule has 0 aromatic carbocycles. The SMILES string of the molecule is CCCCCCC(C)OC(C)CCCNC(C)C. The Morgan fingerprint density at radius 2 is 1.44 bits per heavy atom. The van der Waals surface area contributed by atoms with E-state index in [1.165, 1.54) is 44.9 Å². The van der Waals surface area contributed by atoms with Crippen LogP contribution in [0, 0.1) is 0 Å². The number of hydrogen-bond donors (Lipinski definition) is 1. The summed E-state index contributed by atoms with van der Waals surface area (Å²) < 4.78 is 6.01. The summed E-state index contributed by atoms with van der Waals surface area (Å²) in [6.45, 7) is 12.2. The molecule has 0 radical (unpaired) electrons. The van der Waals surface area contributed by atoms with Crippen LogP contribution < -0.4 is 5.32 Å². The van der Waals surface area contributed by atoms with Gasteiger partial charge in [0.1, 0.15) is 0 Å². The van der Waals surface area contributed by atoms with E-state index in [-0.39, 0.29) is 0 Å². The highest BCUT2D eigenvalue weighted by molar-refractivity contribution is 4.59. The van der Waals surface area contributed by atoms with Crippen molar-refractivity contribution in [2.24, 2.45) is 0 Å². The molecule has 110 valence electrons. The van der Waals surface area contributed by atoms with Crippen molar-refractivity contribution in [3.63, 3.8) is 0 Å². The Bertz CT molecular complexity index is 170.